The Morgan fingerprint density at radius 3 is 2.61 bits per heavy atom. The zero-order valence-corrected chi connectivity index (χ0v) is 19.0. The van der Waals surface area contributed by atoms with E-state index in [1.165, 1.54) is 0 Å². The molecule has 0 bridgehead atoms. The molecule has 4 heterocycles. The number of anilines is 1. The van der Waals surface area contributed by atoms with Crippen LogP contribution >= 0.6 is 11.3 Å². The number of rotatable bonds is 4. The summed E-state index contributed by atoms with van der Waals surface area (Å²) < 4.78 is 0. The molecule has 168 valence electrons. The van der Waals surface area contributed by atoms with Crippen molar-refractivity contribution in [3.8, 4) is 10.6 Å². The monoisotopic (exact) mass is 460 g/mol. The first-order valence-electron chi connectivity index (χ1n) is 11.0. The van der Waals surface area contributed by atoms with E-state index in [9.17, 15) is 14.4 Å². The number of carbonyl (C=O) groups is 3. The molecule has 8 heteroatoms. The lowest BCUT2D eigenvalue weighted by atomic mass is 9.95. The predicted octanol–water partition coefficient (Wildman–Crippen LogP) is 3.26. The number of carbonyl (C=O) groups excluding carboxylic acids is 3. The highest BCUT2D eigenvalue weighted by Crippen LogP contribution is 2.40. The van der Waals surface area contributed by atoms with Crippen LogP contribution in [0.5, 0.6) is 0 Å². The van der Waals surface area contributed by atoms with Gasteiger partial charge in [-0.3, -0.25) is 19.4 Å². The number of piperazine rings is 1. The SMILES string of the molecule is C[C@@H]1CN(C(=O)c2ccccc2)CCN1C(=O)C(=O)C1CNc2c1ccnc2-c1cccs1. The maximum Gasteiger partial charge on any atom is 0.291 e. The Kier molecular flexibility index (Phi) is 5.68. The van der Waals surface area contributed by atoms with Gasteiger partial charge in [-0.15, -0.1) is 11.3 Å². The number of hydrogen-bond donors (Lipinski definition) is 1. The van der Waals surface area contributed by atoms with Gasteiger partial charge in [-0.2, -0.15) is 0 Å². The zero-order chi connectivity index (χ0) is 22.9. The Hall–Kier alpha value is -3.52. The lowest BCUT2D eigenvalue weighted by molar-refractivity contribution is -0.148. The first kappa shape index (κ1) is 21.3. The smallest absolute Gasteiger partial charge is 0.291 e. The second-order valence-corrected chi connectivity index (χ2v) is 9.31. The Balaban J connectivity index is 1.29. The second-order valence-electron chi connectivity index (χ2n) is 8.36. The number of amides is 2. The maximum absolute atomic E-state index is 13.3. The minimum absolute atomic E-state index is 0.0524. The Morgan fingerprint density at radius 1 is 1.06 bits per heavy atom. The summed E-state index contributed by atoms with van der Waals surface area (Å²) in [5.41, 5.74) is 3.09. The van der Waals surface area contributed by atoms with Crippen molar-refractivity contribution in [1.82, 2.24) is 14.8 Å². The highest BCUT2D eigenvalue weighted by Gasteiger charge is 2.39. The molecule has 2 atom stereocenters. The van der Waals surface area contributed by atoms with Gasteiger partial charge in [0, 0.05) is 44.0 Å². The quantitative estimate of drug-likeness (QED) is 0.605. The molecule has 1 unspecified atom stereocenters. The summed E-state index contributed by atoms with van der Waals surface area (Å²) in [7, 11) is 0. The first-order chi connectivity index (χ1) is 16.0. The topological polar surface area (TPSA) is 82.6 Å². The first-order valence-corrected chi connectivity index (χ1v) is 11.9. The van der Waals surface area contributed by atoms with Crippen molar-refractivity contribution in [3.63, 3.8) is 0 Å². The number of Topliss-reactive ketones (excluding diaryl/α,β-unsaturated/α-hetero) is 1. The number of nitrogens with zero attached hydrogens (tertiary/aromatic N) is 3. The number of fused-ring (bicyclic) bond motifs is 1. The molecule has 2 aromatic heterocycles. The van der Waals surface area contributed by atoms with Crippen LogP contribution in [0.3, 0.4) is 0 Å². The van der Waals surface area contributed by atoms with Gasteiger partial charge in [0.15, 0.2) is 0 Å². The van der Waals surface area contributed by atoms with E-state index in [4.69, 9.17) is 0 Å². The van der Waals surface area contributed by atoms with Crippen LogP contribution in [0.1, 0.15) is 28.8 Å². The summed E-state index contributed by atoms with van der Waals surface area (Å²) in [6.45, 7) is 3.41. The van der Waals surface area contributed by atoms with Gasteiger partial charge in [-0.05, 0) is 42.1 Å². The largest absolute Gasteiger partial charge is 0.382 e. The highest BCUT2D eigenvalue weighted by atomic mass is 32.1. The van der Waals surface area contributed by atoms with Gasteiger partial charge in [0.05, 0.1) is 16.5 Å². The van der Waals surface area contributed by atoms with Gasteiger partial charge in [0.1, 0.15) is 5.69 Å². The fourth-order valence-electron chi connectivity index (χ4n) is 4.60. The normalized spacial score (nSPS) is 19.7. The van der Waals surface area contributed by atoms with Gasteiger partial charge < -0.3 is 15.1 Å². The van der Waals surface area contributed by atoms with Crippen LogP contribution in [-0.2, 0) is 9.59 Å². The van der Waals surface area contributed by atoms with Crippen molar-refractivity contribution in [2.24, 2.45) is 0 Å². The Labute approximate surface area is 196 Å². The highest BCUT2D eigenvalue weighted by molar-refractivity contribution is 7.13. The minimum Gasteiger partial charge on any atom is -0.382 e. The van der Waals surface area contributed by atoms with E-state index in [-0.39, 0.29) is 11.9 Å². The lowest BCUT2D eigenvalue weighted by Gasteiger charge is -2.39. The zero-order valence-electron chi connectivity index (χ0n) is 18.2. The molecule has 5 rings (SSSR count). The van der Waals surface area contributed by atoms with Crippen molar-refractivity contribution in [3.05, 3.63) is 71.2 Å². The maximum atomic E-state index is 13.3. The molecule has 1 saturated heterocycles. The van der Waals surface area contributed by atoms with E-state index in [1.54, 1.807) is 39.5 Å². The van der Waals surface area contributed by atoms with E-state index in [0.717, 1.165) is 21.8 Å². The summed E-state index contributed by atoms with van der Waals surface area (Å²) in [6, 6.07) is 14.7. The summed E-state index contributed by atoms with van der Waals surface area (Å²) in [4.78, 5) is 48.1. The van der Waals surface area contributed by atoms with E-state index in [2.05, 4.69) is 10.3 Å². The van der Waals surface area contributed by atoms with Gasteiger partial charge in [0.25, 0.3) is 11.8 Å². The molecule has 1 fully saturated rings. The molecule has 3 aromatic rings. The number of thiophene rings is 1. The van der Waals surface area contributed by atoms with Crippen molar-refractivity contribution in [2.45, 2.75) is 18.9 Å². The van der Waals surface area contributed by atoms with Crippen molar-refractivity contribution in [1.29, 1.82) is 0 Å². The van der Waals surface area contributed by atoms with Crippen LogP contribution in [-0.4, -0.2) is 64.6 Å². The Morgan fingerprint density at radius 2 is 1.88 bits per heavy atom. The van der Waals surface area contributed by atoms with Crippen LogP contribution in [0.25, 0.3) is 10.6 Å². The molecule has 0 spiro atoms. The Bertz CT molecular complexity index is 1200. The molecule has 2 amide bonds. The molecule has 1 aromatic carbocycles. The minimum atomic E-state index is -0.537. The number of pyridine rings is 1. The molecule has 0 aliphatic carbocycles. The third kappa shape index (κ3) is 3.91. The van der Waals surface area contributed by atoms with Gasteiger partial charge in [-0.1, -0.05) is 24.3 Å². The molecule has 2 aliphatic rings. The van der Waals surface area contributed by atoms with Gasteiger partial charge in [-0.25, -0.2) is 0 Å². The summed E-state index contributed by atoms with van der Waals surface area (Å²) in [5.74, 6) is -1.49. The summed E-state index contributed by atoms with van der Waals surface area (Å²) >= 11 is 1.59. The van der Waals surface area contributed by atoms with Crippen molar-refractivity contribution in [2.75, 3.05) is 31.5 Å². The molecule has 33 heavy (non-hydrogen) atoms. The van der Waals surface area contributed by atoms with Crippen molar-refractivity contribution >= 4 is 34.6 Å². The lowest BCUT2D eigenvalue weighted by Crippen LogP contribution is -2.57. The predicted molar refractivity (Wildman–Crippen MR) is 127 cm³/mol. The third-order valence-corrected chi connectivity index (χ3v) is 7.20. The average molecular weight is 461 g/mol. The molecule has 2 aliphatic heterocycles. The number of hydrogen-bond acceptors (Lipinski definition) is 6. The third-order valence-electron chi connectivity index (χ3n) is 6.32. The fourth-order valence-corrected chi connectivity index (χ4v) is 5.33. The molecule has 1 N–H and O–H groups in total. The molecular formula is C25H24N4O3S. The van der Waals surface area contributed by atoms with Gasteiger partial charge >= 0.3 is 0 Å². The van der Waals surface area contributed by atoms with Crippen molar-refractivity contribution < 1.29 is 14.4 Å². The molecule has 0 saturated carbocycles. The number of benzene rings is 1. The summed E-state index contributed by atoms with van der Waals surface area (Å²) in [6.07, 6.45) is 1.70. The number of nitrogens with one attached hydrogen (secondary N) is 1. The summed E-state index contributed by atoms with van der Waals surface area (Å²) in [5, 5.41) is 5.28. The van der Waals surface area contributed by atoms with Crippen LogP contribution in [0.4, 0.5) is 5.69 Å². The second kappa shape index (κ2) is 8.78. The molecule has 0 radical (unpaired) electrons. The van der Waals surface area contributed by atoms with E-state index in [1.807, 2.05) is 48.7 Å². The van der Waals surface area contributed by atoms with Gasteiger partial charge in [0.2, 0.25) is 5.78 Å². The van der Waals surface area contributed by atoms with Crippen LogP contribution in [0, 0.1) is 0 Å². The molecular weight excluding hydrogens is 436 g/mol. The average Bonchev–Trinajstić information content (AvgIpc) is 3.53. The van der Waals surface area contributed by atoms with Crippen LogP contribution < -0.4 is 5.32 Å². The standard InChI is InChI=1S/C25H24N4O3S/c1-16-15-28(24(31)17-6-3-2-4-7-17)11-12-29(16)25(32)23(30)19-14-27-21-18(19)9-10-26-22(21)20-8-5-13-33-20/h2-10,13,16,19,27H,11-12,14-15H2,1H3/t16-,19?/m1/s1. The van der Waals surface area contributed by atoms with E-state index in [0.29, 0.717) is 31.7 Å². The number of aromatic nitrogens is 1. The fraction of sp³-hybridized carbons (Fsp3) is 0.280. The van der Waals surface area contributed by atoms with Crippen LogP contribution in [0.2, 0.25) is 0 Å². The van der Waals surface area contributed by atoms with Crippen LogP contribution in [0.15, 0.2) is 60.1 Å². The molecule has 7 nitrogen and oxygen atoms in total. The van der Waals surface area contributed by atoms with E-state index >= 15 is 0 Å². The number of ketones is 1. The van der Waals surface area contributed by atoms with E-state index < -0.39 is 17.6 Å².